The Balaban J connectivity index is 1.91. The molecule has 1 aromatic rings. The van der Waals surface area contributed by atoms with E-state index in [0.717, 1.165) is 32.4 Å². The van der Waals surface area contributed by atoms with Gasteiger partial charge in [0.25, 0.3) is 0 Å². The summed E-state index contributed by atoms with van der Waals surface area (Å²) in [5, 5.41) is 8.58. The second-order valence-corrected chi connectivity index (χ2v) is 6.76. The zero-order chi connectivity index (χ0) is 15.2. The Morgan fingerprint density at radius 3 is 2.76 bits per heavy atom. The van der Waals surface area contributed by atoms with Gasteiger partial charge in [-0.3, -0.25) is 9.69 Å². The van der Waals surface area contributed by atoms with Gasteiger partial charge in [0.05, 0.1) is 10.1 Å². The second kappa shape index (κ2) is 7.85. The molecule has 1 aromatic carbocycles. The second-order valence-electron chi connectivity index (χ2n) is 5.32. The molecule has 3 nitrogen and oxygen atoms in total. The summed E-state index contributed by atoms with van der Waals surface area (Å²) >= 11 is 2.37. The monoisotopic (exact) mass is 400 g/mol. The van der Waals surface area contributed by atoms with E-state index in [0.29, 0.717) is 16.0 Å². The fourth-order valence-corrected chi connectivity index (χ4v) is 3.84. The van der Waals surface area contributed by atoms with Gasteiger partial charge in [0.15, 0.2) is 5.78 Å². The Labute approximate surface area is 138 Å². The lowest BCUT2D eigenvalue weighted by Gasteiger charge is -2.35. The average molecular weight is 400 g/mol. The first-order chi connectivity index (χ1) is 10.1. The molecule has 0 aromatic heterocycles. The summed E-state index contributed by atoms with van der Waals surface area (Å²) in [5.74, 6) is -0.177. The van der Waals surface area contributed by atoms with E-state index in [1.54, 1.807) is 12.1 Å². The summed E-state index contributed by atoms with van der Waals surface area (Å²) < 4.78 is 13.2. The number of piperidine rings is 1. The van der Waals surface area contributed by atoms with Crippen molar-refractivity contribution in [3.8, 4) is 6.07 Å². The number of halogens is 2. The summed E-state index contributed by atoms with van der Waals surface area (Å²) in [4.78, 5) is 14.8. The lowest BCUT2D eigenvalue weighted by molar-refractivity contribution is 0.0829. The van der Waals surface area contributed by atoms with Crippen molar-refractivity contribution in [1.29, 1.82) is 5.26 Å². The zero-order valence-electron chi connectivity index (χ0n) is 11.8. The average Bonchev–Trinajstić information content (AvgIpc) is 2.49. The molecular formula is C16H18FIN2O. The highest BCUT2D eigenvalue weighted by molar-refractivity contribution is 14.1. The van der Waals surface area contributed by atoms with E-state index in [9.17, 15) is 9.18 Å². The van der Waals surface area contributed by atoms with Crippen LogP contribution in [0.3, 0.4) is 0 Å². The number of nitriles is 1. The number of rotatable bonds is 5. The van der Waals surface area contributed by atoms with Crippen molar-refractivity contribution in [3.63, 3.8) is 0 Å². The van der Waals surface area contributed by atoms with Crippen LogP contribution in [-0.4, -0.2) is 27.8 Å². The number of ketones is 1. The van der Waals surface area contributed by atoms with Gasteiger partial charge in [-0.15, -0.1) is 0 Å². The van der Waals surface area contributed by atoms with Crippen LogP contribution in [0.25, 0.3) is 0 Å². The summed E-state index contributed by atoms with van der Waals surface area (Å²) in [6.07, 6.45) is 3.12. The first-order valence-electron chi connectivity index (χ1n) is 7.16. The minimum Gasteiger partial charge on any atom is -0.294 e. The van der Waals surface area contributed by atoms with Crippen molar-refractivity contribution in [2.75, 3.05) is 13.1 Å². The number of Topliss-reactive ketones (excluding diaryl/α,β-unsaturated/α-hetero) is 1. The van der Waals surface area contributed by atoms with Gasteiger partial charge in [-0.05, 0) is 50.1 Å². The third-order valence-electron chi connectivity index (χ3n) is 3.87. The maximum atomic E-state index is 12.9. The molecule has 0 radical (unpaired) electrons. The van der Waals surface area contributed by atoms with Gasteiger partial charge in [0.1, 0.15) is 5.82 Å². The zero-order valence-corrected chi connectivity index (χ0v) is 13.9. The van der Waals surface area contributed by atoms with Crippen LogP contribution >= 0.6 is 22.6 Å². The number of alkyl halides is 1. The molecule has 5 heteroatoms. The Morgan fingerprint density at radius 2 is 2.14 bits per heavy atom. The number of nitrogens with zero attached hydrogens (tertiary/aromatic N) is 2. The van der Waals surface area contributed by atoms with E-state index in [4.69, 9.17) is 5.26 Å². The van der Waals surface area contributed by atoms with E-state index < -0.39 is 0 Å². The van der Waals surface area contributed by atoms with Crippen molar-refractivity contribution in [2.24, 2.45) is 5.92 Å². The van der Waals surface area contributed by atoms with Crippen LogP contribution in [0.2, 0.25) is 0 Å². The van der Waals surface area contributed by atoms with Crippen molar-refractivity contribution in [3.05, 3.63) is 35.6 Å². The topological polar surface area (TPSA) is 44.1 Å². The van der Waals surface area contributed by atoms with E-state index >= 15 is 0 Å². The minimum absolute atomic E-state index is 0.0181. The standard InChI is InChI=1S/C16H18FIN2O/c17-14-5-3-12(4-6-14)16(21)13-7-10-20(15(18)11-13)9-2-1-8-19/h3-6,13,15H,1-2,7,9-11H2. The van der Waals surface area contributed by atoms with Gasteiger partial charge >= 0.3 is 0 Å². The molecule has 0 bridgehead atoms. The van der Waals surface area contributed by atoms with E-state index in [2.05, 4.69) is 33.6 Å². The first kappa shape index (κ1) is 16.4. The van der Waals surface area contributed by atoms with Crippen molar-refractivity contribution in [1.82, 2.24) is 4.90 Å². The third-order valence-corrected chi connectivity index (χ3v) is 5.17. The predicted octanol–water partition coefficient (Wildman–Crippen LogP) is 3.79. The normalized spacial score (nSPS) is 22.7. The van der Waals surface area contributed by atoms with Crippen LogP contribution in [0, 0.1) is 23.1 Å². The molecule has 1 heterocycles. The fraction of sp³-hybridized carbons (Fsp3) is 0.500. The van der Waals surface area contributed by atoms with Crippen molar-refractivity contribution < 1.29 is 9.18 Å². The van der Waals surface area contributed by atoms with Crippen LogP contribution in [-0.2, 0) is 0 Å². The van der Waals surface area contributed by atoms with Crippen LogP contribution in [0.4, 0.5) is 4.39 Å². The predicted molar refractivity (Wildman–Crippen MR) is 87.7 cm³/mol. The van der Waals surface area contributed by atoms with Gasteiger partial charge in [0.2, 0.25) is 0 Å². The van der Waals surface area contributed by atoms with Crippen molar-refractivity contribution in [2.45, 2.75) is 29.7 Å². The summed E-state index contributed by atoms with van der Waals surface area (Å²) in [6.45, 7) is 1.80. The number of likely N-dealkylation sites (tertiary alicyclic amines) is 1. The van der Waals surface area contributed by atoms with Gasteiger partial charge in [0, 0.05) is 24.4 Å². The molecule has 1 aliphatic heterocycles. The Kier molecular flexibility index (Phi) is 6.12. The number of hydrogen-bond donors (Lipinski definition) is 0. The lowest BCUT2D eigenvalue weighted by Crippen LogP contribution is -2.41. The maximum Gasteiger partial charge on any atom is 0.166 e. The van der Waals surface area contributed by atoms with Gasteiger partial charge < -0.3 is 0 Å². The molecule has 21 heavy (non-hydrogen) atoms. The van der Waals surface area contributed by atoms with Crippen molar-refractivity contribution >= 4 is 28.4 Å². The maximum absolute atomic E-state index is 12.9. The highest BCUT2D eigenvalue weighted by atomic mass is 127. The SMILES string of the molecule is N#CCCCN1CCC(C(=O)c2ccc(F)cc2)CC1I. The number of hydrogen-bond acceptors (Lipinski definition) is 3. The first-order valence-corrected chi connectivity index (χ1v) is 8.41. The number of carbonyl (C=O) groups is 1. The Bertz CT molecular complexity index is 526. The summed E-state index contributed by atoms with van der Waals surface area (Å²) in [7, 11) is 0. The van der Waals surface area contributed by atoms with E-state index in [-0.39, 0.29) is 17.5 Å². The van der Waals surface area contributed by atoms with Gasteiger partial charge in [-0.1, -0.05) is 22.6 Å². The lowest BCUT2D eigenvalue weighted by atomic mass is 9.89. The highest BCUT2D eigenvalue weighted by Crippen LogP contribution is 2.29. The molecule has 112 valence electrons. The van der Waals surface area contributed by atoms with E-state index in [1.807, 2.05) is 0 Å². The van der Waals surface area contributed by atoms with E-state index in [1.165, 1.54) is 12.1 Å². The molecule has 2 rings (SSSR count). The molecule has 2 unspecified atom stereocenters. The van der Waals surface area contributed by atoms with Gasteiger partial charge in [-0.25, -0.2) is 4.39 Å². The Morgan fingerprint density at radius 1 is 1.43 bits per heavy atom. The van der Waals surface area contributed by atoms with Crippen LogP contribution in [0.1, 0.15) is 36.0 Å². The molecule has 1 aliphatic rings. The smallest absolute Gasteiger partial charge is 0.166 e. The molecule has 0 amide bonds. The number of carbonyl (C=O) groups excluding carboxylic acids is 1. The molecule has 0 spiro atoms. The molecule has 1 saturated heterocycles. The Hall–Kier alpha value is -1.00. The summed E-state index contributed by atoms with van der Waals surface area (Å²) in [5.41, 5.74) is 0.600. The van der Waals surface area contributed by atoms with Crippen LogP contribution in [0.5, 0.6) is 0 Å². The highest BCUT2D eigenvalue weighted by Gasteiger charge is 2.30. The fourth-order valence-electron chi connectivity index (χ4n) is 2.66. The molecule has 1 fully saturated rings. The van der Waals surface area contributed by atoms with Crippen LogP contribution in [0.15, 0.2) is 24.3 Å². The number of benzene rings is 1. The largest absolute Gasteiger partial charge is 0.294 e. The minimum atomic E-state index is -0.314. The molecule has 0 saturated carbocycles. The molecule has 2 atom stereocenters. The van der Waals surface area contributed by atoms with Gasteiger partial charge in [-0.2, -0.15) is 5.26 Å². The number of unbranched alkanes of at least 4 members (excludes halogenated alkanes) is 1. The molecule has 0 N–H and O–H groups in total. The third kappa shape index (κ3) is 4.48. The summed E-state index contributed by atoms with van der Waals surface area (Å²) in [6, 6.07) is 7.98. The quantitative estimate of drug-likeness (QED) is 0.248. The van der Waals surface area contributed by atoms with Crippen LogP contribution < -0.4 is 0 Å². The molecule has 0 aliphatic carbocycles. The molecular weight excluding hydrogens is 382 g/mol.